The van der Waals surface area contributed by atoms with Crippen molar-refractivity contribution in [1.82, 2.24) is 4.72 Å². The molecule has 2 aromatic carbocycles. The van der Waals surface area contributed by atoms with Crippen molar-refractivity contribution in [2.24, 2.45) is 10.9 Å². The first-order chi connectivity index (χ1) is 15.4. The number of hydrogen-bond donors (Lipinski definition) is 2. The number of aliphatic imine (C=N–C) groups is 1. The van der Waals surface area contributed by atoms with Crippen LogP contribution < -0.4 is 14.9 Å². The summed E-state index contributed by atoms with van der Waals surface area (Å²) in [6.07, 6.45) is 3.60. The van der Waals surface area contributed by atoms with Gasteiger partial charge in [0.15, 0.2) is 0 Å². The molecule has 0 saturated carbocycles. The van der Waals surface area contributed by atoms with Crippen LogP contribution in [0.15, 0.2) is 64.5 Å². The van der Waals surface area contributed by atoms with Gasteiger partial charge in [0.2, 0.25) is 11.8 Å². The van der Waals surface area contributed by atoms with Gasteiger partial charge in [0, 0.05) is 37.3 Å². The highest BCUT2D eigenvalue weighted by Crippen LogP contribution is 2.26. The van der Waals surface area contributed by atoms with Crippen LogP contribution in [0.3, 0.4) is 0 Å². The fraction of sp³-hybridized carbons (Fsp3) is 0.348. The Labute approximate surface area is 187 Å². The van der Waals surface area contributed by atoms with E-state index in [1.54, 1.807) is 17.0 Å². The van der Waals surface area contributed by atoms with Gasteiger partial charge >= 0.3 is 0 Å². The maximum absolute atomic E-state index is 12.8. The standard InChI is InChI=1S/C23H26N4O4S/c28-22-14-17(16-27(22)19-9-3-1-4-10-19)23(29)25-18-8-7-11-20(15-18)32(30,31)26-21-12-5-2-6-13-24-21/h1,3-4,7-11,15,17H,2,5-6,12-14,16H2,(H,24,26)(H,25,29). The summed E-state index contributed by atoms with van der Waals surface area (Å²) < 4.78 is 28.2. The molecule has 8 nitrogen and oxygen atoms in total. The molecule has 2 aromatic rings. The second kappa shape index (κ2) is 9.52. The van der Waals surface area contributed by atoms with Crippen LogP contribution in [0.1, 0.15) is 32.1 Å². The first-order valence-corrected chi connectivity index (χ1v) is 12.2. The lowest BCUT2D eigenvalue weighted by Gasteiger charge is -2.16. The van der Waals surface area contributed by atoms with Crippen LogP contribution in [0.2, 0.25) is 0 Å². The number of carbonyl (C=O) groups excluding carboxylic acids is 2. The van der Waals surface area contributed by atoms with E-state index >= 15 is 0 Å². The largest absolute Gasteiger partial charge is 0.326 e. The number of rotatable bonds is 5. The molecular formula is C23H26N4O4S. The van der Waals surface area contributed by atoms with Gasteiger partial charge in [0.25, 0.3) is 10.0 Å². The second-order valence-electron chi connectivity index (χ2n) is 8.00. The Morgan fingerprint density at radius 2 is 1.84 bits per heavy atom. The molecule has 4 rings (SSSR count). The molecule has 2 aliphatic heterocycles. The van der Waals surface area contributed by atoms with Crippen LogP contribution in [-0.4, -0.2) is 39.2 Å². The van der Waals surface area contributed by atoms with E-state index in [1.807, 2.05) is 30.3 Å². The van der Waals surface area contributed by atoms with Gasteiger partial charge in [-0.1, -0.05) is 30.7 Å². The summed E-state index contributed by atoms with van der Waals surface area (Å²) in [6.45, 7) is 0.905. The van der Waals surface area contributed by atoms with E-state index in [0.717, 1.165) is 24.9 Å². The Morgan fingerprint density at radius 1 is 1.03 bits per heavy atom. The first kappa shape index (κ1) is 22.0. The lowest BCUT2D eigenvalue weighted by atomic mass is 10.1. The highest BCUT2D eigenvalue weighted by Gasteiger charge is 2.35. The van der Waals surface area contributed by atoms with E-state index in [9.17, 15) is 18.0 Å². The molecule has 1 unspecified atom stereocenters. The van der Waals surface area contributed by atoms with Crippen molar-refractivity contribution in [2.45, 2.75) is 37.0 Å². The number of nitrogens with zero attached hydrogens (tertiary/aromatic N) is 2. The van der Waals surface area contributed by atoms with Gasteiger partial charge in [-0.15, -0.1) is 0 Å². The van der Waals surface area contributed by atoms with Crippen molar-refractivity contribution in [3.05, 3.63) is 54.6 Å². The minimum Gasteiger partial charge on any atom is -0.326 e. The number of benzene rings is 2. The molecule has 2 aliphatic rings. The molecule has 1 fully saturated rings. The number of nitrogens with one attached hydrogen (secondary N) is 2. The Hall–Kier alpha value is -3.20. The van der Waals surface area contributed by atoms with Crippen LogP contribution in [0.4, 0.5) is 11.4 Å². The zero-order valence-corrected chi connectivity index (χ0v) is 18.5. The third-order valence-electron chi connectivity index (χ3n) is 5.60. The monoisotopic (exact) mass is 454 g/mol. The third kappa shape index (κ3) is 5.16. The molecule has 1 atom stereocenters. The quantitative estimate of drug-likeness (QED) is 0.724. The van der Waals surface area contributed by atoms with E-state index in [0.29, 0.717) is 24.5 Å². The van der Waals surface area contributed by atoms with Crippen LogP contribution in [-0.2, 0) is 19.6 Å². The van der Waals surface area contributed by atoms with Crippen LogP contribution in [0, 0.1) is 5.92 Å². The fourth-order valence-corrected chi connectivity index (χ4v) is 5.03. The molecule has 2 heterocycles. The molecule has 0 bridgehead atoms. The molecule has 0 aliphatic carbocycles. The molecule has 2 N–H and O–H groups in total. The number of amides is 2. The molecule has 168 valence electrons. The van der Waals surface area contributed by atoms with E-state index in [2.05, 4.69) is 15.0 Å². The zero-order valence-electron chi connectivity index (χ0n) is 17.7. The number of hydrogen-bond acceptors (Lipinski definition) is 5. The van der Waals surface area contributed by atoms with Crippen molar-refractivity contribution in [3.63, 3.8) is 0 Å². The van der Waals surface area contributed by atoms with Gasteiger partial charge < -0.3 is 10.2 Å². The van der Waals surface area contributed by atoms with Gasteiger partial charge in [-0.2, -0.15) is 0 Å². The van der Waals surface area contributed by atoms with Gasteiger partial charge in [0.05, 0.1) is 10.8 Å². The van der Waals surface area contributed by atoms with Crippen molar-refractivity contribution in [3.8, 4) is 0 Å². The number of para-hydroxylation sites is 1. The molecule has 9 heteroatoms. The van der Waals surface area contributed by atoms with Crippen molar-refractivity contribution < 1.29 is 18.0 Å². The Morgan fingerprint density at radius 3 is 2.66 bits per heavy atom. The minimum absolute atomic E-state index is 0.0515. The maximum atomic E-state index is 12.8. The van der Waals surface area contributed by atoms with Crippen LogP contribution >= 0.6 is 0 Å². The summed E-state index contributed by atoms with van der Waals surface area (Å²) in [5.74, 6) is -0.461. The zero-order chi connectivity index (χ0) is 22.6. The summed E-state index contributed by atoms with van der Waals surface area (Å²) in [7, 11) is -3.80. The average molecular weight is 455 g/mol. The number of anilines is 2. The van der Waals surface area contributed by atoms with Crippen molar-refractivity contribution >= 4 is 39.0 Å². The van der Waals surface area contributed by atoms with Gasteiger partial charge in [0.1, 0.15) is 5.84 Å². The average Bonchev–Trinajstić information content (AvgIpc) is 3.00. The summed E-state index contributed by atoms with van der Waals surface area (Å²) in [4.78, 5) is 31.1. The van der Waals surface area contributed by atoms with Gasteiger partial charge in [-0.25, -0.2) is 8.42 Å². The van der Waals surface area contributed by atoms with Crippen LogP contribution in [0.5, 0.6) is 0 Å². The fourth-order valence-electron chi connectivity index (χ4n) is 3.90. The Kier molecular flexibility index (Phi) is 6.55. The van der Waals surface area contributed by atoms with E-state index in [4.69, 9.17) is 0 Å². The lowest BCUT2D eigenvalue weighted by molar-refractivity contribution is -0.122. The molecule has 0 spiro atoms. The third-order valence-corrected chi connectivity index (χ3v) is 6.98. The number of carbonyl (C=O) groups is 2. The summed E-state index contributed by atoms with van der Waals surface area (Å²) >= 11 is 0. The summed E-state index contributed by atoms with van der Waals surface area (Å²) in [6, 6.07) is 15.3. The molecule has 2 amide bonds. The summed E-state index contributed by atoms with van der Waals surface area (Å²) in [5.41, 5.74) is 1.12. The Bertz CT molecular complexity index is 1130. The highest BCUT2D eigenvalue weighted by molar-refractivity contribution is 7.90. The van der Waals surface area contributed by atoms with Crippen molar-refractivity contribution in [2.75, 3.05) is 23.3 Å². The van der Waals surface area contributed by atoms with Gasteiger partial charge in [-0.05, 0) is 43.2 Å². The van der Waals surface area contributed by atoms with Gasteiger partial charge in [-0.3, -0.25) is 19.3 Å². The summed E-state index contributed by atoms with van der Waals surface area (Å²) in [5, 5.41) is 2.76. The molecular weight excluding hydrogens is 428 g/mol. The predicted molar refractivity (Wildman–Crippen MR) is 123 cm³/mol. The smallest absolute Gasteiger partial charge is 0.262 e. The van der Waals surface area contributed by atoms with E-state index in [1.165, 1.54) is 12.1 Å². The lowest BCUT2D eigenvalue weighted by Crippen LogP contribution is -2.31. The molecule has 0 radical (unpaired) electrons. The molecule has 0 aromatic heterocycles. The Balaban J connectivity index is 1.43. The normalized spacial score (nSPS) is 19.2. The highest BCUT2D eigenvalue weighted by atomic mass is 32.2. The SMILES string of the molecule is O=C(Nc1cccc(S(=O)(=O)NC2=NCCCCC2)c1)C1CC(=O)N(c2ccccc2)C1. The van der Waals surface area contributed by atoms with E-state index in [-0.39, 0.29) is 29.7 Å². The first-order valence-electron chi connectivity index (χ1n) is 10.7. The maximum Gasteiger partial charge on any atom is 0.262 e. The second-order valence-corrected chi connectivity index (χ2v) is 9.68. The van der Waals surface area contributed by atoms with Crippen molar-refractivity contribution in [1.29, 1.82) is 0 Å². The molecule has 32 heavy (non-hydrogen) atoms. The number of sulfonamides is 1. The predicted octanol–water partition coefficient (Wildman–Crippen LogP) is 2.93. The number of amidine groups is 1. The van der Waals surface area contributed by atoms with E-state index < -0.39 is 15.9 Å². The molecule has 1 saturated heterocycles. The van der Waals surface area contributed by atoms with Crippen LogP contribution in [0.25, 0.3) is 0 Å². The topological polar surface area (TPSA) is 108 Å². The minimum atomic E-state index is -3.80.